The molecule has 0 bridgehead atoms. The summed E-state index contributed by atoms with van der Waals surface area (Å²) in [7, 11) is 2.01. The van der Waals surface area contributed by atoms with Gasteiger partial charge in [-0.25, -0.2) is 0 Å². The zero-order valence-corrected chi connectivity index (χ0v) is 10.6. The Morgan fingerprint density at radius 1 is 1.53 bits per heavy atom. The monoisotopic (exact) mass is 235 g/mol. The zero-order valence-electron chi connectivity index (χ0n) is 10.6. The number of aromatic nitrogens is 1. The summed E-state index contributed by atoms with van der Waals surface area (Å²) in [6.07, 6.45) is 3.56. The molecule has 0 aromatic carbocycles. The highest BCUT2D eigenvalue weighted by Crippen LogP contribution is 2.31. The largest absolute Gasteiger partial charge is 0.350 e. The number of aryl methyl sites for hydroxylation is 1. The van der Waals surface area contributed by atoms with Gasteiger partial charge in [-0.3, -0.25) is 4.79 Å². The topological polar surface area (TPSA) is 60.1 Å². The van der Waals surface area contributed by atoms with Crippen LogP contribution in [0.25, 0.3) is 0 Å². The van der Waals surface area contributed by atoms with E-state index in [1.165, 1.54) is 5.69 Å². The average Bonchev–Trinajstić information content (AvgIpc) is 2.55. The summed E-state index contributed by atoms with van der Waals surface area (Å²) in [5.41, 5.74) is 8.13. The Balaban J connectivity index is 1.82. The Kier molecular flexibility index (Phi) is 3.24. The molecule has 1 aliphatic carbocycles. The van der Waals surface area contributed by atoms with Crippen molar-refractivity contribution < 1.29 is 4.79 Å². The van der Waals surface area contributed by atoms with Crippen LogP contribution in [-0.4, -0.2) is 16.0 Å². The van der Waals surface area contributed by atoms with Crippen LogP contribution in [0, 0.1) is 6.92 Å². The highest BCUT2D eigenvalue weighted by Gasteiger charge is 2.34. The van der Waals surface area contributed by atoms with Gasteiger partial charge >= 0.3 is 0 Å². The molecule has 1 aromatic heterocycles. The maximum atomic E-state index is 11.7. The van der Waals surface area contributed by atoms with Crippen LogP contribution in [0.4, 0.5) is 0 Å². The fraction of sp³-hybridized carbons (Fsp3) is 0.615. The number of carbonyl (C=O) groups excluding carboxylic acids is 1. The summed E-state index contributed by atoms with van der Waals surface area (Å²) in [6, 6.07) is 4.09. The normalized spacial score (nSPS) is 17.6. The van der Waals surface area contributed by atoms with Crippen LogP contribution in [0.3, 0.4) is 0 Å². The molecule has 0 radical (unpaired) electrons. The van der Waals surface area contributed by atoms with E-state index in [-0.39, 0.29) is 11.4 Å². The van der Waals surface area contributed by atoms with Crippen molar-refractivity contribution >= 4 is 5.91 Å². The molecule has 0 aliphatic heterocycles. The highest BCUT2D eigenvalue weighted by molar-refractivity contribution is 5.77. The molecule has 1 fully saturated rings. The Bertz CT molecular complexity index is 418. The van der Waals surface area contributed by atoms with Gasteiger partial charge in [-0.15, -0.1) is 0 Å². The molecule has 1 aromatic rings. The van der Waals surface area contributed by atoms with E-state index in [0.29, 0.717) is 13.0 Å². The number of amides is 1. The van der Waals surface area contributed by atoms with Crippen LogP contribution >= 0.6 is 0 Å². The predicted molar refractivity (Wildman–Crippen MR) is 67.4 cm³/mol. The van der Waals surface area contributed by atoms with Crippen molar-refractivity contribution in [1.82, 2.24) is 9.88 Å². The minimum atomic E-state index is -0.228. The molecule has 0 atom stereocenters. The molecule has 4 heteroatoms. The minimum absolute atomic E-state index is 0.0612. The summed E-state index contributed by atoms with van der Waals surface area (Å²) in [6.45, 7) is 2.63. The Morgan fingerprint density at radius 3 is 2.71 bits per heavy atom. The van der Waals surface area contributed by atoms with E-state index in [2.05, 4.69) is 22.9 Å². The lowest BCUT2D eigenvalue weighted by molar-refractivity contribution is -0.123. The third kappa shape index (κ3) is 2.69. The van der Waals surface area contributed by atoms with Crippen molar-refractivity contribution in [1.29, 1.82) is 0 Å². The minimum Gasteiger partial charge on any atom is -0.350 e. The highest BCUT2D eigenvalue weighted by atomic mass is 16.1. The van der Waals surface area contributed by atoms with Crippen molar-refractivity contribution in [3.05, 3.63) is 23.5 Å². The second kappa shape index (κ2) is 4.53. The Hall–Kier alpha value is -1.29. The van der Waals surface area contributed by atoms with Gasteiger partial charge < -0.3 is 15.6 Å². The van der Waals surface area contributed by atoms with Crippen LogP contribution in [0.5, 0.6) is 0 Å². The zero-order chi connectivity index (χ0) is 12.5. The molecule has 1 heterocycles. The molecule has 1 amide bonds. The quantitative estimate of drug-likeness (QED) is 0.824. The summed E-state index contributed by atoms with van der Waals surface area (Å²) in [4.78, 5) is 11.7. The lowest BCUT2D eigenvalue weighted by atomic mass is 9.75. The van der Waals surface area contributed by atoms with Gasteiger partial charge in [0.1, 0.15) is 0 Å². The van der Waals surface area contributed by atoms with Crippen molar-refractivity contribution in [3.63, 3.8) is 0 Å². The fourth-order valence-electron chi connectivity index (χ4n) is 2.22. The molecule has 0 saturated heterocycles. The van der Waals surface area contributed by atoms with Gasteiger partial charge in [0.15, 0.2) is 0 Å². The van der Waals surface area contributed by atoms with E-state index in [0.717, 1.165) is 25.0 Å². The SMILES string of the molecule is Cc1ccc(CNC(=O)CC2(N)CCC2)n1C. The number of nitrogens with zero attached hydrogens (tertiary/aromatic N) is 1. The van der Waals surface area contributed by atoms with E-state index in [1.54, 1.807) is 0 Å². The van der Waals surface area contributed by atoms with Crippen molar-refractivity contribution in [2.75, 3.05) is 0 Å². The number of nitrogens with two attached hydrogens (primary N) is 1. The van der Waals surface area contributed by atoms with E-state index < -0.39 is 0 Å². The number of rotatable bonds is 4. The second-order valence-electron chi connectivity index (χ2n) is 5.19. The maximum Gasteiger partial charge on any atom is 0.222 e. The van der Waals surface area contributed by atoms with Gasteiger partial charge in [-0.05, 0) is 38.3 Å². The number of carbonyl (C=O) groups is 1. The summed E-state index contributed by atoms with van der Waals surface area (Å²) in [5, 5.41) is 2.94. The Labute approximate surface area is 102 Å². The lowest BCUT2D eigenvalue weighted by Crippen LogP contribution is -2.49. The van der Waals surface area contributed by atoms with E-state index in [9.17, 15) is 4.79 Å². The van der Waals surface area contributed by atoms with Crippen molar-refractivity contribution in [3.8, 4) is 0 Å². The molecule has 1 saturated carbocycles. The lowest BCUT2D eigenvalue weighted by Gasteiger charge is -2.37. The number of hydrogen-bond acceptors (Lipinski definition) is 2. The van der Waals surface area contributed by atoms with Gasteiger partial charge in [0.2, 0.25) is 5.91 Å². The third-order valence-electron chi connectivity index (χ3n) is 3.81. The van der Waals surface area contributed by atoms with Gasteiger partial charge in [0.25, 0.3) is 0 Å². The molecule has 17 heavy (non-hydrogen) atoms. The molecule has 4 nitrogen and oxygen atoms in total. The maximum absolute atomic E-state index is 11.7. The van der Waals surface area contributed by atoms with Crippen LogP contribution in [-0.2, 0) is 18.4 Å². The van der Waals surface area contributed by atoms with Crippen LogP contribution in [0.2, 0.25) is 0 Å². The first-order valence-corrected chi connectivity index (χ1v) is 6.17. The van der Waals surface area contributed by atoms with E-state index in [4.69, 9.17) is 5.73 Å². The molecular formula is C13H21N3O. The fourth-order valence-corrected chi connectivity index (χ4v) is 2.22. The van der Waals surface area contributed by atoms with Gasteiger partial charge in [-0.1, -0.05) is 0 Å². The second-order valence-corrected chi connectivity index (χ2v) is 5.19. The molecule has 3 N–H and O–H groups in total. The summed E-state index contributed by atoms with van der Waals surface area (Å²) < 4.78 is 2.09. The van der Waals surface area contributed by atoms with Crippen LogP contribution in [0.15, 0.2) is 12.1 Å². The molecule has 94 valence electrons. The van der Waals surface area contributed by atoms with Gasteiger partial charge in [-0.2, -0.15) is 0 Å². The molecule has 1 aliphatic rings. The average molecular weight is 235 g/mol. The first-order valence-electron chi connectivity index (χ1n) is 6.17. The van der Waals surface area contributed by atoms with Crippen molar-refractivity contribution in [2.24, 2.45) is 12.8 Å². The molecule has 2 rings (SSSR count). The van der Waals surface area contributed by atoms with Crippen LogP contribution in [0.1, 0.15) is 37.1 Å². The predicted octanol–water partition coefficient (Wildman–Crippen LogP) is 1.22. The number of hydrogen-bond donors (Lipinski definition) is 2. The Morgan fingerprint density at radius 2 is 2.24 bits per heavy atom. The molecule has 0 spiro atoms. The van der Waals surface area contributed by atoms with E-state index in [1.807, 2.05) is 13.1 Å². The van der Waals surface area contributed by atoms with Gasteiger partial charge in [0.05, 0.1) is 6.54 Å². The number of nitrogens with one attached hydrogen (secondary N) is 1. The van der Waals surface area contributed by atoms with Crippen LogP contribution < -0.4 is 11.1 Å². The summed E-state index contributed by atoms with van der Waals surface area (Å²) >= 11 is 0. The first-order chi connectivity index (χ1) is 8.00. The standard InChI is InChI=1S/C13H21N3O/c1-10-4-5-11(16(10)2)9-15-12(17)8-13(14)6-3-7-13/h4-5H,3,6-9,14H2,1-2H3,(H,15,17). The van der Waals surface area contributed by atoms with Crippen molar-refractivity contribution in [2.45, 2.75) is 44.7 Å². The third-order valence-corrected chi connectivity index (χ3v) is 3.81. The van der Waals surface area contributed by atoms with E-state index >= 15 is 0 Å². The summed E-state index contributed by atoms with van der Waals surface area (Å²) in [5.74, 6) is 0.0612. The molecular weight excluding hydrogens is 214 g/mol. The van der Waals surface area contributed by atoms with Gasteiger partial charge in [0, 0.05) is 30.4 Å². The smallest absolute Gasteiger partial charge is 0.222 e. The molecule has 0 unspecified atom stereocenters. The first kappa shape index (κ1) is 12.2.